The summed E-state index contributed by atoms with van der Waals surface area (Å²) in [6.07, 6.45) is 5.77. The van der Waals surface area contributed by atoms with Gasteiger partial charge in [-0.3, -0.25) is 4.79 Å². The van der Waals surface area contributed by atoms with Gasteiger partial charge < -0.3 is 9.30 Å². The highest BCUT2D eigenvalue weighted by molar-refractivity contribution is 5.95. The van der Waals surface area contributed by atoms with Crippen molar-refractivity contribution in [1.29, 1.82) is 0 Å². The molecule has 2 aromatic heterocycles. The van der Waals surface area contributed by atoms with E-state index in [2.05, 4.69) is 60.1 Å². The summed E-state index contributed by atoms with van der Waals surface area (Å²) in [6.45, 7) is 4.84. The van der Waals surface area contributed by atoms with Crippen molar-refractivity contribution in [2.75, 3.05) is 11.4 Å². The number of aromatic nitrogens is 1. The lowest BCUT2D eigenvalue weighted by Crippen LogP contribution is -2.27. The number of carbonyl (C=O) groups is 1. The van der Waals surface area contributed by atoms with Crippen LogP contribution in [-0.2, 0) is 11.2 Å². The molecule has 1 aliphatic rings. The first-order valence-electron chi connectivity index (χ1n) is 8.18. The molecule has 4 rings (SSSR count). The third kappa shape index (κ3) is 2.33. The number of carbonyl (C=O) groups excluding carboxylic acids is 1. The monoisotopic (exact) mass is 304 g/mol. The second-order valence-electron chi connectivity index (χ2n) is 6.26. The van der Waals surface area contributed by atoms with E-state index in [4.69, 9.17) is 0 Å². The fraction of sp³-hybridized carbons (Fsp3) is 0.250. The van der Waals surface area contributed by atoms with E-state index >= 15 is 0 Å². The Kier molecular flexibility index (Phi) is 3.22. The molecule has 0 fully saturated rings. The van der Waals surface area contributed by atoms with E-state index in [1.54, 1.807) is 0 Å². The smallest absolute Gasteiger partial charge is 0.226 e. The Labute approximate surface area is 136 Å². The molecule has 3 nitrogen and oxygen atoms in total. The molecule has 0 N–H and O–H groups in total. The standard InChI is InChI=1S/C20H20N2O/c1-3-20(23)22-9-7-16-11-15(4-5-19(16)22)17-12-18-10-14(2)6-8-21(18)13-17/h4-6,8,10-13H,3,7,9H2,1-2H3. The number of pyridine rings is 1. The van der Waals surface area contributed by atoms with Crippen LogP contribution in [0.25, 0.3) is 16.6 Å². The molecule has 3 heterocycles. The molecule has 116 valence electrons. The minimum absolute atomic E-state index is 0.210. The number of hydrogen-bond donors (Lipinski definition) is 0. The lowest BCUT2D eigenvalue weighted by Gasteiger charge is -2.16. The van der Waals surface area contributed by atoms with Gasteiger partial charge in [0.15, 0.2) is 0 Å². The van der Waals surface area contributed by atoms with E-state index in [0.717, 1.165) is 18.7 Å². The van der Waals surface area contributed by atoms with E-state index < -0.39 is 0 Å². The summed E-state index contributed by atoms with van der Waals surface area (Å²) in [5, 5.41) is 0. The predicted octanol–water partition coefficient (Wildman–Crippen LogP) is 4.21. The van der Waals surface area contributed by atoms with Crippen molar-refractivity contribution in [2.24, 2.45) is 0 Å². The van der Waals surface area contributed by atoms with Crippen molar-refractivity contribution in [3.8, 4) is 11.1 Å². The highest BCUT2D eigenvalue weighted by Gasteiger charge is 2.23. The van der Waals surface area contributed by atoms with Gasteiger partial charge >= 0.3 is 0 Å². The van der Waals surface area contributed by atoms with E-state index in [1.165, 1.54) is 27.8 Å². The normalized spacial score (nSPS) is 13.6. The number of fused-ring (bicyclic) bond motifs is 2. The van der Waals surface area contributed by atoms with E-state index in [0.29, 0.717) is 6.42 Å². The fourth-order valence-electron chi connectivity index (χ4n) is 3.41. The number of aryl methyl sites for hydroxylation is 1. The van der Waals surface area contributed by atoms with Crippen LogP contribution in [0.1, 0.15) is 24.5 Å². The Balaban J connectivity index is 1.74. The summed E-state index contributed by atoms with van der Waals surface area (Å²) in [5.41, 5.74) is 7.28. The van der Waals surface area contributed by atoms with Crippen molar-refractivity contribution in [3.05, 3.63) is 59.9 Å². The molecule has 1 amide bonds. The van der Waals surface area contributed by atoms with Crippen LogP contribution in [0.15, 0.2) is 48.8 Å². The maximum Gasteiger partial charge on any atom is 0.226 e. The highest BCUT2D eigenvalue weighted by Crippen LogP contribution is 2.33. The van der Waals surface area contributed by atoms with Gasteiger partial charge in [-0.15, -0.1) is 0 Å². The Hall–Kier alpha value is -2.55. The van der Waals surface area contributed by atoms with Gasteiger partial charge in [0.25, 0.3) is 0 Å². The lowest BCUT2D eigenvalue weighted by atomic mass is 10.0. The van der Waals surface area contributed by atoms with Crippen LogP contribution >= 0.6 is 0 Å². The number of amides is 1. The highest BCUT2D eigenvalue weighted by atomic mass is 16.2. The Morgan fingerprint density at radius 2 is 2.00 bits per heavy atom. The first-order valence-corrected chi connectivity index (χ1v) is 8.18. The number of nitrogens with zero attached hydrogens (tertiary/aromatic N) is 2. The quantitative estimate of drug-likeness (QED) is 0.696. The molecule has 0 atom stereocenters. The summed E-state index contributed by atoms with van der Waals surface area (Å²) >= 11 is 0. The molecule has 0 radical (unpaired) electrons. The maximum absolute atomic E-state index is 12.0. The van der Waals surface area contributed by atoms with Gasteiger partial charge in [-0.25, -0.2) is 0 Å². The fourth-order valence-corrected chi connectivity index (χ4v) is 3.41. The van der Waals surface area contributed by atoms with Crippen LogP contribution < -0.4 is 4.90 Å². The molecule has 0 unspecified atom stereocenters. The minimum atomic E-state index is 0.210. The van der Waals surface area contributed by atoms with Crippen molar-refractivity contribution in [3.63, 3.8) is 0 Å². The number of hydrogen-bond acceptors (Lipinski definition) is 1. The SMILES string of the molecule is CCC(=O)N1CCc2cc(-c3cc4cc(C)ccn4c3)ccc21. The summed E-state index contributed by atoms with van der Waals surface area (Å²) < 4.78 is 2.16. The summed E-state index contributed by atoms with van der Waals surface area (Å²) in [5.74, 6) is 0.210. The van der Waals surface area contributed by atoms with Gasteiger partial charge in [-0.2, -0.15) is 0 Å². The van der Waals surface area contributed by atoms with Crippen LogP contribution in [0.4, 0.5) is 5.69 Å². The van der Waals surface area contributed by atoms with Gasteiger partial charge in [0, 0.05) is 42.1 Å². The zero-order valence-corrected chi connectivity index (χ0v) is 13.5. The molecule has 0 saturated heterocycles. The predicted molar refractivity (Wildman–Crippen MR) is 93.9 cm³/mol. The van der Waals surface area contributed by atoms with Crippen LogP contribution in [-0.4, -0.2) is 16.9 Å². The largest absolute Gasteiger partial charge is 0.323 e. The Bertz CT molecular complexity index is 907. The average Bonchev–Trinajstić information content (AvgIpc) is 3.16. The first kappa shape index (κ1) is 14.1. The van der Waals surface area contributed by atoms with Gasteiger partial charge in [-0.05, 0) is 60.4 Å². The van der Waals surface area contributed by atoms with Gasteiger partial charge in [0.2, 0.25) is 5.91 Å². The molecule has 0 spiro atoms. The van der Waals surface area contributed by atoms with Gasteiger partial charge in [0.1, 0.15) is 0 Å². The Morgan fingerprint density at radius 1 is 1.13 bits per heavy atom. The van der Waals surface area contributed by atoms with Crippen LogP contribution in [0.3, 0.4) is 0 Å². The third-order valence-corrected chi connectivity index (χ3v) is 4.67. The zero-order valence-electron chi connectivity index (χ0n) is 13.5. The van der Waals surface area contributed by atoms with Crippen LogP contribution in [0, 0.1) is 6.92 Å². The second-order valence-corrected chi connectivity index (χ2v) is 6.26. The van der Waals surface area contributed by atoms with Crippen LogP contribution in [0.2, 0.25) is 0 Å². The topological polar surface area (TPSA) is 24.7 Å². The number of benzene rings is 1. The Morgan fingerprint density at radius 3 is 2.83 bits per heavy atom. The maximum atomic E-state index is 12.0. The van der Waals surface area contributed by atoms with Crippen molar-refractivity contribution in [1.82, 2.24) is 4.40 Å². The van der Waals surface area contributed by atoms with E-state index in [-0.39, 0.29) is 5.91 Å². The third-order valence-electron chi connectivity index (χ3n) is 4.67. The number of anilines is 1. The molecule has 23 heavy (non-hydrogen) atoms. The van der Waals surface area contributed by atoms with Crippen molar-refractivity contribution < 1.29 is 4.79 Å². The molecule has 0 aliphatic carbocycles. The average molecular weight is 304 g/mol. The first-order chi connectivity index (χ1) is 11.2. The van der Waals surface area contributed by atoms with Crippen molar-refractivity contribution >= 4 is 17.1 Å². The lowest BCUT2D eigenvalue weighted by molar-refractivity contribution is -0.118. The van der Waals surface area contributed by atoms with E-state index in [1.807, 2.05) is 11.8 Å². The molecule has 0 saturated carbocycles. The summed E-state index contributed by atoms with van der Waals surface area (Å²) in [4.78, 5) is 13.9. The summed E-state index contributed by atoms with van der Waals surface area (Å²) in [7, 11) is 0. The molecule has 0 bridgehead atoms. The molecule has 1 aliphatic heterocycles. The molecule has 3 heteroatoms. The molecular formula is C20H20N2O. The summed E-state index contributed by atoms with van der Waals surface area (Å²) in [6, 6.07) is 13.0. The van der Waals surface area contributed by atoms with E-state index in [9.17, 15) is 4.79 Å². The minimum Gasteiger partial charge on any atom is -0.323 e. The van der Waals surface area contributed by atoms with Gasteiger partial charge in [-0.1, -0.05) is 13.0 Å². The van der Waals surface area contributed by atoms with Crippen LogP contribution in [0.5, 0.6) is 0 Å². The molecular weight excluding hydrogens is 284 g/mol. The molecule has 1 aromatic carbocycles. The van der Waals surface area contributed by atoms with Crippen molar-refractivity contribution in [2.45, 2.75) is 26.7 Å². The molecule has 3 aromatic rings. The zero-order chi connectivity index (χ0) is 16.0. The number of rotatable bonds is 2. The second kappa shape index (κ2) is 5.27. The van der Waals surface area contributed by atoms with Gasteiger partial charge in [0.05, 0.1) is 0 Å².